The van der Waals surface area contributed by atoms with E-state index in [1.807, 2.05) is 36.4 Å². The molecule has 2 rings (SSSR count). The van der Waals surface area contributed by atoms with Crippen molar-refractivity contribution in [2.24, 2.45) is 5.11 Å². The highest BCUT2D eigenvalue weighted by molar-refractivity contribution is 5.23. The van der Waals surface area contributed by atoms with Crippen molar-refractivity contribution in [2.75, 3.05) is 0 Å². The first-order chi connectivity index (χ1) is 8.88. The Labute approximate surface area is 104 Å². The van der Waals surface area contributed by atoms with E-state index in [2.05, 4.69) is 10.0 Å². The monoisotopic (exact) mass is 241 g/mol. The van der Waals surface area contributed by atoms with Gasteiger partial charge in [0, 0.05) is 4.91 Å². The predicted octanol–water partition coefficient (Wildman–Crippen LogP) is 3.74. The Morgan fingerprint density at radius 2 is 1.28 bits per heavy atom. The van der Waals surface area contributed by atoms with Crippen molar-refractivity contribution >= 4 is 0 Å². The van der Waals surface area contributed by atoms with Gasteiger partial charge in [0.25, 0.3) is 0 Å². The molecule has 0 spiro atoms. The van der Waals surface area contributed by atoms with E-state index < -0.39 is 6.41 Å². The van der Waals surface area contributed by atoms with Crippen molar-refractivity contribution in [2.45, 2.75) is 6.41 Å². The Morgan fingerprint density at radius 1 is 0.833 bits per heavy atom. The lowest BCUT2D eigenvalue weighted by Gasteiger charge is -2.15. The zero-order valence-corrected chi connectivity index (χ0v) is 9.51. The molecule has 0 amide bonds. The molecule has 0 atom stereocenters. The molecule has 0 bridgehead atoms. The fraction of sp³-hybridized carbons (Fsp3) is 0.0769. The maximum atomic E-state index is 8.49. The van der Waals surface area contributed by atoms with E-state index in [1.165, 1.54) is 0 Å². The molecule has 2 aromatic rings. The van der Waals surface area contributed by atoms with Crippen LogP contribution in [-0.4, -0.2) is 6.41 Å². The SMILES string of the molecule is [N-]=[N+]=NC(Oc1ccccc1)Oc1ccccc1. The van der Waals surface area contributed by atoms with Crippen LogP contribution < -0.4 is 9.47 Å². The molecule has 0 heterocycles. The Hall–Kier alpha value is -2.65. The molecule has 5 nitrogen and oxygen atoms in total. The molecule has 90 valence electrons. The average molecular weight is 241 g/mol. The summed E-state index contributed by atoms with van der Waals surface area (Å²) in [5.74, 6) is 1.15. The highest BCUT2D eigenvalue weighted by atomic mass is 16.7. The fourth-order valence-electron chi connectivity index (χ4n) is 1.34. The zero-order chi connectivity index (χ0) is 12.6. The highest BCUT2D eigenvalue weighted by Gasteiger charge is 2.09. The molecular formula is C13H11N3O2. The van der Waals surface area contributed by atoms with E-state index >= 15 is 0 Å². The van der Waals surface area contributed by atoms with Crippen molar-refractivity contribution < 1.29 is 9.47 Å². The molecule has 5 heteroatoms. The minimum Gasteiger partial charge on any atom is -0.449 e. The molecule has 0 aromatic heterocycles. The summed E-state index contributed by atoms with van der Waals surface area (Å²) in [5, 5.41) is 3.45. The molecule has 0 radical (unpaired) electrons. The quantitative estimate of drug-likeness (QED) is 0.346. The van der Waals surface area contributed by atoms with E-state index in [-0.39, 0.29) is 0 Å². The molecule has 0 aliphatic carbocycles. The number of hydrogen-bond acceptors (Lipinski definition) is 3. The lowest BCUT2D eigenvalue weighted by Crippen LogP contribution is -2.20. The first kappa shape index (κ1) is 11.8. The van der Waals surface area contributed by atoms with Crippen LogP contribution in [0.15, 0.2) is 65.8 Å². The third-order valence-electron chi connectivity index (χ3n) is 2.11. The van der Waals surface area contributed by atoms with E-state index in [0.717, 1.165) is 0 Å². The van der Waals surface area contributed by atoms with Crippen LogP contribution in [0.25, 0.3) is 10.4 Å². The molecular weight excluding hydrogens is 230 g/mol. The summed E-state index contributed by atoms with van der Waals surface area (Å²) in [5.41, 5.74) is 8.49. The van der Waals surface area contributed by atoms with Gasteiger partial charge in [0.1, 0.15) is 11.5 Å². The Kier molecular flexibility index (Phi) is 4.06. The van der Waals surface area contributed by atoms with E-state index in [4.69, 9.17) is 15.0 Å². The number of azide groups is 1. The molecule has 0 N–H and O–H groups in total. The van der Waals surface area contributed by atoms with Crippen LogP contribution in [0.4, 0.5) is 0 Å². The van der Waals surface area contributed by atoms with Gasteiger partial charge in [-0.3, -0.25) is 0 Å². The number of para-hydroxylation sites is 2. The third kappa shape index (κ3) is 3.43. The molecule has 0 aliphatic rings. The maximum Gasteiger partial charge on any atom is 0.322 e. The molecule has 18 heavy (non-hydrogen) atoms. The first-order valence-electron chi connectivity index (χ1n) is 5.36. The van der Waals surface area contributed by atoms with Gasteiger partial charge >= 0.3 is 6.41 Å². The van der Waals surface area contributed by atoms with E-state index in [9.17, 15) is 0 Å². The van der Waals surface area contributed by atoms with Crippen molar-refractivity contribution in [3.63, 3.8) is 0 Å². The second-order valence-electron chi connectivity index (χ2n) is 3.37. The third-order valence-corrected chi connectivity index (χ3v) is 2.11. The zero-order valence-electron chi connectivity index (χ0n) is 9.51. The normalized spacial score (nSPS) is 9.61. The average Bonchev–Trinajstić information content (AvgIpc) is 2.41. The van der Waals surface area contributed by atoms with Gasteiger partial charge in [-0.15, -0.1) is 0 Å². The lowest BCUT2D eigenvalue weighted by molar-refractivity contribution is 0.0122. The number of rotatable bonds is 5. The first-order valence-corrected chi connectivity index (χ1v) is 5.36. The van der Waals surface area contributed by atoms with Crippen LogP contribution in [0.2, 0.25) is 0 Å². The second-order valence-corrected chi connectivity index (χ2v) is 3.37. The molecule has 0 saturated carbocycles. The molecule has 2 aromatic carbocycles. The standard InChI is InChI=1S/C13H11N3O2/c14-16-15-13(17-11-7-3-1-4-8-11)18-12-9-5-2-6-10-12/h1-10,13H. The molecule has 0 aliphatic heterocycles. The second kappa shape index (κ2) is 6.18. The van der Waals surface area contributed by atoms with Gasteiger partial charge < -0.3 is 9.47 Å². The minimum atomic E-state index is -1.03. The topological polar surface area (TPSA) is 67.2 Å². The summed E-state index contributed by atoms with van der Waals surface area (Å²) in [6.07, 6.45) is -1.03. The lowest BCUT2D eigenvalue weighted by atomic mass is 10.3. The Bertz CT molecular complexity index is 483. The summed E-state index contributed by atoms with van der Waals surface area (Å²) in [6, 6.07) is 18.1. The Balaban J connectivity index is 2.07. The van der Waals surface area contributed by atoms with Crippen molar-refractivity contribution in [1.29, 1.82) is 0 Å². The number of benzene rings is 2. The Morgan fingerprint density at radius 3 is 1.67 bits per heavy atom. The van der Waals surface area contributed by atoms with Gasteiger partial charge in [-0.2, -0.15) is 0 Å². The van der Waals surface area contributed by atoms with Crippen LogP contribution in [0.5, 0.6) is 11.5 Å². The number of nitrogens with zero attached hydrogens (tertiary/aromatic N) is 3. The van der Waals surface area contributed by atoms with Gasteiger partial charge in [0.05, 0.1) is 0 Å². The van der Waals surface area contributed by atoms with Crippen molar-refractivity contribution in [3.8, 4) is 11.5 Å². The number of ether oxygens (including phenoxy) is 2. The predicted molar refractivity (Wildman–Crippen MR) is 67.1 cm³/mol. The minimum absolute atomic E-state index is 0.575. The highest BCUT2D eigenvalue weighted by Crippen LogP contribution is 2.16. The van der Waals surface area contributed by atoms with Crippen molar-refractivity contribution in [1.82, 2.24) is 0 Å². The molecule has 0 fully saturated rings. The van der Waals surface area contributed by atoms with Crippen LogP contribution >= 0.6 is 0 Å². The largest absolute Gasteiger partial charge is 0.449 e. The summed E-state index contributed by atoms with van der Waals surface area (Å²) < 4.78 is 10.8. The number of hydrogen-bond donors (Lipinski definition) is 0. The summed E-state index contributed by atoms with van der Waals surface area (Å²) in [6.45, 7) is 0. The summed E-state index contributed by atoms with van der Waals surface area (Å²) >= 11 is 0. The maximum absolute atomic E-state index is 8.49. The van der Waals surface area contributed by atoms with E-state index in [0.29, 0.717) is 11.5 Å². The van der Waals surface area contributed by atoms with Crippen LogP contribution in [0, 0.1) is 0 Å². The van der Waals surface area contributed by atoms with Gasteiger partial charge in [-0.1, -0.05) is 36.4 Å². The van der Waals surface area contributed by atoms with Gasteiger partial charge in [-0.05, 0) is 34.9 Å². The summed E-state index contributed by atoms with van der Waals surface area (Å²) in [7, 11) is 0. The summed E-state index contributed by atoms with van der Waals surface area (Å²) in [4.78, 5) is 2.70. The van der Waals surface area contributed by atoms with E-state index in [1.54, 1.807) is 24.3 Å². The molecule has 0 unspecified atom stereocenters. The van der Waals surface area contributed by atoms with Crippen LogP contribution in [0.3, 0.4) is 0 Å². The van der Waals surface area contributed by atoms with Crippen molar-refractivity contribution in [3.05, 3.63) is 71.1 Å². The van der Waals surface area contributed by atoms with Gasteiger partial charge in [-0.25, -0.2) is 0 Å². The van der Waals surface area contributed by atoms with Gasteiger partial charge in [0.15, 0.2) is 0 Å². The van der Waals surface area contributed by atoms with Gasteiger partial charge in [0.2, 0.25) is 0 Å². The molecule has 0 saturated heterocycles. The smallest absolute Gasteiger partial charge is 0.322 e. The van der Waals surface area contributed by atoms with Crippen LogP contribution in [0.1, 0.15) is 0 Å². The fourth-order valence-corrected chi connectivity index (χ4v) is 1.34. The van der Waals surface area contributed by atoms with Crippen LogP contribution in [-0.2, 0) is 0 Å².